The Morgan fingerprint density at radius 1 is 0.508 bits per heavy atom. The molecule has 0 aliphatic rings. The summed E-state index contributed by atoms with van der Waals surface area (Å²) in [5, 5.41) is 0. The van der Waals surface area contributed by atoms with Crippen molar-refractivity contribution in [1.29, 1.82) is 0 Å². The quantitative estimate of drug-likeness (QED) is 0.0197. The number of unbranched alkanes of at least 4 members (excludes halogenated alkanes) is 28. The molecule has 0 amide bonds. The molecule has 2 atom stereocenters. The number of hydrogen-bond donors (Lipinski definition) is 0. The van der Waals surface area contributed by atoms with Crippen molar-refractivity contribution in [3.8, 4) is 0 Å². The summed E-state index contributed by atoms with van der Waals surface area (Å²) in [5.74, 6) is -0.336. The molecule has 0 aliphatic heterocycles. The van der Waals surface area contributed by atoms with Crippen molar-refractivity contribution in [1.82, 2.24) is 0 Å². The fourth-order valence-corrected chi connectivity index (χ4v) is 7.90. The molecule has 0 saturated heterocycles. The molecule has 0 bridgehead atoms. The minimum atomic E-state index is -4.53. The molecule has 61 heavy (non-hydrogen) atoms. The lowest BCUT2D eigenvalue weighted by Crippen LogP contribution is -2.37. The number of carbonyl (C=O) groups is 1. The Kier molecular flexibility index (Phi) is 44.3. The second kappa shape index (κ2) is 45.3. The van der Waals surface area contributed by atoms with E-state index >= 15 is 0 Å². The summed E-state index contributed by atoms with van der Waals surface area (Å²) >= 11 is 0. The second-order valence-electron chi connectivity index (χ2n) is 18.5. The molecule has 0 aromatic heterocycles. The summed E-state index contributed by atoms with van der Waals surface area (Å²) in [6.45, 7) is 5.35. The first-order chi connectivity index (χ1) is 29.6. The van der Waals surface area contributed by atoms with E-state index in [2.05, 4.69) is 50.3 Å². The monoisotopic (exact) mass is 882 g/mol. The van der Waals surface area contributed by atoms with Gasteiger partial charge in [-0.25, -0.2) is 0 Å². The lowest BCUT2D eigenvalue weighted by molar-refractivity contribution is -0.870. The number of ether oxygens (including phenoxy) is 2. The zero-order valence-electron chi connectivity index (χ0n) is 40.9. The van der Waals surface area contributed by atoms with Gasteiger partial charge in [0.05, 0.1) is 34.4 Å². The fraction of sp³-hybridized carbons (Fsp3) is 0.865. The van der Waals surface area contributed by atoms with Crippen molar-refractivity contribution in [2.75, 3.05) is 54.1 Å². The van der Waals surface area contributed by atoms with Gasteiger partial charge in [-0.3, -0.25) is 9.36 Å². The summed E-state index contributed by atoms with van der Waals surface area (Å²) in [6, 6.07) is 0. The molecular formula is C52H100NO7P. The van der Waals surface area contributed by atoms with Crippen LogP contribution in [0.25, 0.3) is 0 Å². The van der Waals surface area contributed by atoms with Gasteiger partial charge in [-0.2, -0.15) is 0 Å². The maximum absolute atomic E-state index is 12.7. The Hall–Kier alpha value is -1.28. The van der Waals surface area contributed by atoms with Crippen LogP contribution in [0.3, 0.4) is 0 Å². The van der Waals surface area contributed by atoms with E-state index in [9.17, 15) is 14.3 Å². The SMILES string of the molecule is CCC/C=C\C/C=C\CCCCCCCCOCC(COP(=O)([O-])OCC[N+](C)(C)C)OC(=O)CCCCCCCCCCCCCCC/C=C\CCCCCCCCCC. The summed E-state index contributed by atoms with van der Waals surface area (Å²) < 4.78 is 34.7. The number of hydrogen-bond acceptors (Lipinski definition) is 7. The molecule has 0 aliphatic carbocycles. The van der Waals surface area contributed by atoms with Crippen LogP contribution in [0.1, 0.15) is 232 Å². The van der Waals surface area contributed by atoms with Crippen molar-refractivity contribution in [3.63, 3.8) is 0 Å². The molecule has 0 rings (SSSR count). The number of esters is 1. The highest BCUT2D eigenvalue weighted by Gasteiger charge is 2.20. The lowest BCUT2D eigenvalue weighted by Gasteiger charge is -2.28. The molecule has 0 fully saturated rings. The van der Waals surface area contributed by atoms with Gasteiger partial charge in [-0.05, 0) is 64.2 Å². The first-order valence-corrected chi connectivity index (χ1v) is 27.2. The maximum atomic E-state index is 12.7. The van der Waals surface area contributed by atoms with E-state index in [1.54, 1.807) is 0 Å². The van der Waals surface area contributed by atoms with Crippen LogP contribution in [0, 0.1) is 0 Å². The fourth-order valence-electron chi connectivity index (χ4n) is 7.17. The highest BCUT2D eigenvalue weighted by molar-refractivity contribution is 7.45. The van der Waals surface area contributed by atoms with Gasteiger partial charge in [0.25, 0.3) is 7.82 Å². The van der Waals surface area contributed by atoms with Gasteiger partial charge < -0.3 is 27.9 Å². The Morgan fingerprint density at radius 3 is 1.41 bits per heavy atom. The Balaban J connectivity index is 4.06. The van der Waals surface area contributed by atoms with Gasteiger partial charge in [0, 0.05) is 13.0 Å². The normalized spacial score (nSPS) is 13.9. The number of rotatable bonds is 48. The van der Waals surface area contributed by atoms with Crippen LogP contribution in [-0.2, 0) is 27.9 Å². The summed E-state index contributed by atoms with van der Waals surface area (Å²) in [6.07, 6.45) is 54.6. The zero-order valence-corrected chi connectivity index (χ0v) is 41.8. The minimum absolute atomic E-state index is 0.0244. The highest BCUT2D eigenvalue weighted by atomic mass is 31.2. The molecular weight excluding hydrogens is 782 g/mol. The van der Waals surface area contributed by atoms with Crippen molar-refractivity contribution in [3.05, 3.63) is 36.5 Å². The Morgan fingerprint density at radius 2 is 0.934 bits per heavy atom. The van der Waals surface area contributed by atoms with Crippen LogP contribution in [-0.4, -0.2) is 70.7 Å². The number of allylic oxidation sites excluding steroid dienone is 6. The minimum Gasteiger partial charge on any atom is -0.756 e. The van der Waals surface area contributed by atoms with Crippen LogP contribution in [0.2, 0.25) is 0 Å². The molecule has 0 heterocycles. The van der Waals surface area contributed by atoms with Gasteiger partial charge in [-0.15, -0.1) is 0 Å². The zero-order chi connectivity index (χ0) is 44.8. The van der Waals surface area contributed by atoms with Gasteiger partial charge in [0.15, 0.2) is 0 Å². The van der Waals surface area contributed by atoms with Crippen LogP contribution in [0.5, 0.6) is 0 Å². The van der Waals surface area contributed by atoms with Gasteiger partial charge in [0.2, 0.25) is 0 Å². The standard InChI is InChI=1S/C52H100NO7P/c1-6-8-10-12-14-16-18-20-22-23-24-25-26-27-28-29-30-31-32-33-35-37-39-41-43-45-52(54)60-51(50-59-61(55,56)58-48-46-53(3,4)5)49-57-47-44-42-40-38-36-34-21-19-17-15-13-11-9-7-2/h11,13,17,19,23-24,51H,6-10,12,14-16,18,20-22,25-50H2,1-5H3/b13-11-,19-17-,24-23-. The molecule has 8 nitrogen and oxygen atoms in total. The van der Waals surface area contributed by atoms with Crippen molar-refractivity contribution >= 4 is 13.8 Å². The maximum Gasteiger partial charge on any atom is 0.306 e. The number of carbonyl (C=O) groups excluding carboxylic acids is 1. The predicted octanol–water partition coefficient (Wildman–Crippen LogP) is 15.1. The molecule has 0 N–H and O–H groups in total. The Labute approximate surface area is 378 Å². The van der Waals surface area contributed by atoms with Crippen molar-refractivity contribution in [2.45, 2.75) is 238 Å². The van der Waals surface area contributed by atoms with Crippen LogP contribution >= 0.6 is 7.82 Å². The van der Waals surface area contributed by atoms with Crippen LogP contribution in [0.4, 0.5) is 0 Å². The summed E-state index contributed by atoms with van der Waals surface area (Å²) in [7, 11) is 1.35. The number of nitrogens with zero attached hydrogens (tertiary/aromatic N) is 1. The van der Waals surface area contributed by atoms with Crippen molar-refractivity contribution in [2.24, 2.45) is 0 Å². The van der Waals surface area contributed by atoms with E-state index in [4.69, 9.17) is 18.5 Å². The smallest absolute Gasteiger partial charge is 0.306 e. The number of quaternary nitrogens is 1. The number of phosphoric ester groups is 1. The molecule has 0 spiro atoms. The largest absolute Gasteiger partial charge is 0.756 e. The molecule has 0 radical (unpaired) electrons. The molecule has 0 aromatic carbocycles. The first kappa shape index (κ1) is 59.7. The third-order valence-electron chi connectivity index (χ3n) is 11.1. The van der Waals surface area contributed by atoms with E-state index in [1.165, 1.54) is 154 Å². The summed E-state index contributed by atoms with van der Waals surface area (Å²) in [5.41, 5.74) is 0. The van der Waals surface area contributed by atoms with E-state index in [0.29, 0.717) is 24.1 Å². The van der Waals surface area contributed by atoms with E-state index in [0.717, 1.165) is 57.8 Å². The lowest BCUT2D eigenvalue weighted by atomic mass is 10.0. The topological polar surface area (TPSA) is 94.1 Å². The van der Waals surface area contributed by atoms with Crippen LogP contribution in [0.15, 0.2) is 36.5 Å². The Bertz CT molecular complexity index is 1070. The molecule has 9 heteroatoms. The third-order valence-corrected chi connectivity index (χ3v) is 12.1. The number of likely N-dealkylation sites (N-methyl/N-ethyl adjacent to an activating group) is 1. The van der Waals surface area contributed by atoms with Crippen molar-refractivity contribution < 1.29 is 37.3 Å². The third kappa shape index (κ3) is 49.6. The average molecular weight is 882 g/mol. The van der Waals surface area contributed by atoms with Gasteiger partial charge >= 0.3 is 5.97 Å². The molecule has 2 unspecified atom stereocenters. The van der Waals surface area contributed by atoms with E-state index in [-0.39, 0.29) is 25.8 Å². The highest BCUT2D eigenvalue weighted by Crippen LogP contribution is 2.38. The van der Waals surface area contributed by atoms with Gasteiger partial charge in [-0.1, -0.05) is 198 Å². The molecule has 360 valence electrons. The van der Waals surface area contributed by atoms with E-state index in [1.807, 2.05) is 21.1 Å². The molecule has 0 aromatic rings. The van der Waals surface area contributed by atoms with E-state index < -0.39 is 13.9 Å². The average Bonchev–Trinajstić information content (AvgIpc) is 3.22. The summed E-state index contributed by atoms with van der Waals surface area (Å²) in [4.78, 5) is 25.1. The number of phosphoric acid groups is 1. The van der Waals surface area contributed by atoms with Gasteiger partial charge in [0.1, 0.15) is 19.3 Å². The second-order valence-corrected chi connectivity index (χ2v) is 19.9. The first-order valence-electron chi connectivity index (χ1n) is 25.7. The molecule has 0 saturated carbocycles. The predicted molar refractivity (Wildman–Crippen MR) is 259 cm³/mol. The van der Waals surface area contributed by atoms with Crippen LogP contribution < -0.4 is 4.89 Å².